The van der Waals surface area contributed by atoms with Gasteiger partial charge < -0.3 is 5.32 Å². The highest BCUT2D eigenvalue weighted by Gasteiger charge is 2.16. The molecule has 5 heteroatoms. The molecule has 0 aliphatic heterocycles. The molecule has 0 aliphatic rings. The van der Waals surface area contributed by atoms with Gasteiger partial charge in [0.1, 0.15) is 5.82 Å². The average Bonchev–Trinajstić information content (AvgIpc) is 2.48. The van der Waals surface area contributed by atoms with E-state index in [-0.39, 0.29) is 12.1 Å². The zero-order valence-electron chi connectivity index (χ0n) is 10.9. The van der Waals surface area contributed by atoms with Gasteiger partial charge in [0.25, 0.3) is 5.91 Å². The van der Waals surface area contributed by atoms with Crippen molar-refractivity contribution < 1.29 is 14.0 Å². The van der Waals surface area contributed by atoms with E-state index in [0.717, 1.165) is 0 Å². The second kappa shape index (κ2) is 6.06. The van der Waals surface area contributed by atoms with Gasteiger partial charge in [0, 0.05) is 11.8 Å². The molecular weight excluding hydrogens is 259 g/mol. The maximum Gasteiger partial charge on any atom is 0.292 e. The third kappa shape index (κ3) is 3.26. The van der Waals surface area contributed by atoms with Crippen LogP contribution in [0.3, 0.4) is 0 Å². The standard InChI is InChI=1S/C15H13FN2O2/c1-10-8-11(5-6-13(10)16)14(19)15(20)18-9-12-4-2-3-7-17-12/h2-8H,9H2,1H3,(H,18,20). The first-order valence-corrected chi connectivity index (χ1v) is 6.06. The van der Waals surface area contributed by atoms with Gasteiger partial charge in [0.15, 0.2) is 0 Å². The van der Waals surface area contributed by atoms with Crippen molar-refractivity contribution in [2.45, 2.75) is 13.5 Å². The lowest BCUT2D eigenvalue weighted by atomic mass is 10.1. The van der Waals surface area contributed by atoms with Crippen molar-refractivity contribution in [2.75, 3.05) is 0 Å². The molecule has 4 nitrogen and oxygen atoms in total. The summed E-state index contributed by atoms with van der Waals surface area (Å²) in [7, 11) is 0. The number of nitrogens with zero attached hydrogens (tertiary/aromatic N) is 1. The normalized spacial score (nSPS) is 10.1. The molecule has 0 bridgehead atoms. The van der Waals surface area contributed by atoms with Crippen LogP contribution in [0.25, 0.3) is 0 Å². The molecule has 0 unspecified atom stereocenters. The van der Waals surface area contributed by atoms with Crippen molar-refractivity contribution in [1.29, 1.82) is 0 Å². The summed E-state index contributed by atoms with van der Waals surface area (Å²) >= 11 is 0. The molecule has 0 spiro atoms. The van der Waals surface area contributed by atoms with E-state index >= 15 is 0 Å². The third-order valence-electron chi connectivity index (χ3n) is 2.78. The minimum absolute atomic E-state index is 0.169. The molecule has 2 rings (SSSR count). The van der Waals surface area contributed by atoms with E-state index < -0.39 is 17.5 Å². The molecule has 102 valence electrons. The SMILES string of the molecule is Cc1cc(C(=O)C(=O)NCc2ccccn2)ccc1F. The molecule has 0 fully saturated rings. The van der Waals surface area contributed by atoms with Gasteiger partial charge in [0.2, 0.25) is 5.78 Å². The van der Waals surface area contributed by atoms with Gasteiger partial charge in [-0.15, -0.1) is 0 Å². The summed E-state index contributed by atoms with van der Waals surface area (Å²) in [6, 6.07) is 9.13. The molecule has 1 amide bonds. The summed E-state index contributed by atoms with van der Waals surface area (Å²) in [5, 5.41) is 2.49. The number of hydrogen-bond acceptors (Lipinski definition) is 3. The van der Waals surface area contributed by atoms with Crippen LogP contribution in [0.2, 0.25) is 0 Å². The van der Waals surface area contributed by atoms with Gasteiger partial charge in [-0.25, -0.2) is 4.39 Å². The van der Waals surface area contributed by atoms with Crippen molar-refractivity contribution in [3.63, 3.8) is 0 Å². The Morgan fingerprint density at radius 2 is 2.05 bits per heavy atom. The quantitative estimate of drug-likeness (QED) is 0.684. The highest BCUT2D eigenvalue weighted by Crippen LogP contribution is 2.10. The zero-order valence-corrected chi connectivity index (χ0v) is 10.9. The number of ketones is 1. The summed E-state index contributed by atoms with van der Waals surface area (Å²) in [6.07, 6.45) is 1.60. The van der Waals surface area contributed by atoms with E-state index in [1.807, 2.05) is 0 Å². The predicted molar refractivity (Wildman–Crippen MR) is 71.6 cm³/mol. The second-order valence-corrected chi connectivity index (χ2v) is 4.30. The van der Waals surface area contributed by atoms with Gasteiger partial charge in [-0.1, -0.05) is 6.07 Å². The first kappa shape index (κ1) is 13.9. The maximum absolute atomic E-state index is 13.1. The fraction of sp³-hybridized carbons (Fsp3) is 0.133. The molecule has 1 heterocycles. The first-order chi connectivity index (χ1) is 9.58. The van der Waals surface area contributed by atoms with Gasteiger partial charge in [-0.3, -0.25) is 14.6 Å². The smallest absolute Gasteiger partial charge is 0.292 e. The Morgan fingerprint density at radius 3 is 2.70 bits per heavy atom. The van der Waals surface area contributed by atoms with Gasteiger partial charge in [-0.05, 0) is 42.8 Å². The topological polar surface area (TPSA) is 59.1 Å². The Hall–Kier alpha value is -2.56. The van der Waals surface area contributed by atoms with Crippen LogP contribution in [0.15, 0.2) is 42.6 Å². The number of Topliss-reactive ketones (excluding diaryl/α,β-unsaturated/α-hetero) is 1. The Labute approximate surface area is 115 Å². The fourth-order valence-electron chi connectivity index (χ4n) is 1.67. The Balaban J connectivity index is 2.02. The highest BCUT2D eigenvalue weighted by molar-refractivity contribution is 6.42. The molecular formula is C15H13FN2O2. The number of carbonyl (C=O) groups is 2. The van der Waals surface area contributed by atoms with Crippen LogP contribution in [-0.2, 0) is 11.3 Å². The van der Waals surface area contributed by atoms with Crippen LogP contribution in [0.1, 0.15) is 21.6 Å². The maximum atomic E-state index is 13.1. The molecule has 0 atom stereocenters. The van der Waals surface area contributed by atoms with Crippen LogP contribution in [0.5, 0.6) is 0 Å². The largest absolute Gasteiger partial charge is 0.344 e. The molecule has 0 aliphatic carbocycles. The number of aromatic nitrogens is 1. The Morgan fingerprint density at radius 1 is 1.25 bits per heavy atom. The van der Waals surface area contributed by atoms with E-state index in [2.05, 4.69) is 10.3 Å². The molecule has 20 heavy (non-hydrogen) atoms. The molecule has 1 aromatic carbocycles. The number of benzene rings is 1. The van der Waals surface area contributed by atoms with E-state index in [9.17, 15) is 14.0 Å². The molecule has 0 saturated heterocycles. The second-order valence-electron chi connectivity index (χ2n) is 4.30. The van der Waals surface area contributed by atoms with Crippen LogP contribution < -0.4 is 5.32 Å². The van der Waals surface area contributed by atoms with Crippen molar-refractivity contribution in [3.05, 3.63) is 65.2 Å². The average molecular weight is 272 g/mol. The number of amides is 1. The van der Waals surface area contributed by atoms with Crippen LogP contribution >= 0.6 is 0 Å². The fourth-order valence-corrected chi connectivity index (χ4v) is 1.67. The molecule has 2 aromatic rings. The lowest BCUT2D eigenvalue weighted by Gasteiger charge is -2.05. The number of aryl methyl sites for hydroxylation is 1. The van der Waals surface area contributed by atoms with Gasteiger partial charge in [-0.2, -0.15) is 0 Å². The molecule has 1 aromatic heterocycles. The van der Waals surface area contributed by atoms with E-state index in [0.29, 0.717) is 11.3 Å². The summed E-state index contributed by atoms with van der Waals surface area (Å²) in [6.45, 7) is 1.71. The predicted octanol–water partition coefficient (Wildman–Crippen LogP) is 2.03. The minimum Gasteiger partial charge on any atom is -0.344 e. The number of rotatable bonds is 4. The Bertz CT molecular complexity index is 642. The van der Waals surface area contributed by atoms with Crippen molar-refractivity contribution >= 4 is 11.7 Å². The summed E-state index contributed by atoms with van der Waals surface area (Å²) in [5.41, 5.74) is 1.15. The van der Waals surface area contributed by atoms with Crippen molar-refractivity contribution in [1.82, 2.24) is 10.3 Å². The van der Waals surface area contributed by atoms with Crippen molar-refractivity contribution in [2.24, 2.45) is 0 Å². The summed E-state index contributed by atoms with van der Waals surface area (Å²) in [4.78, 5) is 27.6. The Kier molecular flexibility index (Phi) is 4.20. The van der Waals surface area contributed by atoms with E-state index in [4.69, 9.17) is 0 Å². The first-order valence-electron chi connectivity index (χ1n) is 6.06. The number of halogens is 1. The van der Waals surface area contributed by atoms with Gasteiger partial charge >= 0.3 is 0 Å². The molecule has 1 N–H and O–H groups in total. The molecule has 0 radical (unpaired) electrons. The van der Waals surface area contributed by atoms with Gasteiger partial charge in [0.05, 0.1) is 12.2 Å². The number of hydrogen-bond donors (Lipinski definition) is 1. The number of carbonyl (C=O) groups excluding carboxylic acids is 2. The molecule has 0 saturated carbocycles. The lowest BCUT2D eigenvalue weighted by molar-refractivity contribution is -0.117. The summed E-state index contributed by atoms with van der Waals surface area (Å²) < 4.78 is 13.1. The van der Waals surface area contributed by atoms with Crippen LogP contribution in [0.4, 0.5) is 4.39 Å². The number of nitrogens with one attached hydrogen (secondary N) is 1. The number of pyridine rings is 1. The zero-order chi connectivity index (χ0) is 14.5. The summed E-state index contributed by atoms with van der Waals surface area (Å²) in [5.74, 6) is -1.83. The third-order valence-corrected chi connectivity index (χ3v) is 2.78. The minimum atomic E-state index is -0.735. The van der Waals surface area contributed by atoms with Crippen LogP contribution in [0, 0.1) is 12.7 Å². The van der Waals surface area contributed by atoms with E-state index in [1.165, 1.54) is 25.1 Å². The lowest BCUT2D eigenvalue weighted by Crippen LogP contribution is -2.30. The van der Waals surface area contributed by atoms with Crippen LogP contribution in [-0.4, -0.2) is 16.7 Å². The van der Waals surface area contributed by atoms with E-state index in [1.54, 1.807) is 24.4 Å². The monoisotopic (exact) mass is 272 g/mol. The highest BCUT2D eigenvalue weighted by atomic mass is 19.1. The van der Waals surface area contributed by atoms with Crippen molar-refractivity contribution in [3.8, 4) is 0 Å².